The fourth-order valence-electron chi connectivity index (χ4n) is 1.41. The summed E-state index contributed by atoms with van der Waals surface area (Å²) in [6.45, 7) is 1.83. The first-order chi connectivity index (χ1) is 8.15. The fourth-order valence-corrected chi connectivity index (χ4v) is 1.54. The molecule has 4 heteroatoms. The zero-order valence-electron chi connectivity index (χ0n) is 9.35. The molecule has 0 unspecified atom stereocenters. The van der Waals surface area contributed by atoms with Gasteiger partial charge in [0, 0.05) is 17.6 Å². The van der Waals surface area contributed by atoms with Crippen molar-refractivity contribution in [2.75, 3.05) is 0 Å². The molecule has 0 saturated heterocycles. The quantitative estimate of drug-likeness (QED) is 0.782. The normalized spacial score (nSPS) is 10.2. The van der Waals surface area contributed by atoms with E-state index in [4.69, 9.17) is 11.6 Å². The highest BCUT2D eigenvalue weighted by molar-refractivity contribution is 6.30. The maximum atomic E-state index is 11.9. The summed E-state index contributed by atoms with van der Waals surface area (Å²) >= 11 is 5.78. The minimum absolute atomic E-state index is 0.0418. The van der Waals surface area contributed by atoms with Crippen LogP contribution in [-0.4, -0.2) is 15.8 Å². The van der Waals surface area contributed by atoms with E-state index in [0.29, 0.717) is 17.1 Å². The average Bonchev–Trinajstić information content (AvgIpc) is 2.33. The van der Waals surface area contributed by atoms with Gasteiger partial charge in [0.05, 0.1) is 11.9 Å². The lowest BCUT2D eigenvalue weighted by Crippen LogP contribution is -2.06. The molecule has 0 amide bonds. The summed E-state index contributed by atoms with van der Waals surface area (Å²) in [5.74, 6) is -0.0418. The second-order valence-corrected chi connectivity index (χ2v) is 4.21. The van der Waals surface area contributed by atoms with Gasteiger partial charge in [-0.25, -0.2) is 4.98 Å². The molecule has 0 radical (unpaired) electrons. The summed E-state index contributed by atoms with van der Waals surface area (Å²) in [6, 6.07) is 7.21. The lowest BCUT2D eigenvalue weighted by Gasteiger charge is -2.01. The lowest BCUT2D eigenvalue weighted by atomic mass is 10.1. The van der Waals surface area contributed by atoms with Crippen LogP contribution >= 0.6 is 11.6 Å². The molecule has 2 rings (SSSR count). The molecule has 0 aliphatic heterocycles. The zero-order valence-corrected chi connectivity index (χ0v) is 10.1. The van der Waals surface area contributed by atoms with Gasteiger partial charge in [0.2, 0.25) is 0 Å². The van der Waals surface area contributed by atoms with Crippen LogP contribution < -0.4 is 0 Å². The van der Waals surface area contributed by atoms with E-state index in [9.17, 15) is 4.79 Å². The minimum atomic E-state index is -0.0418. The van der Waals surface area contributed by atoms with Crippen molar-refractivity contribution in [3.8, 4) is 0 Å². The molecule has 0 N–H and O–H groups in total. The topological polar surface area (TPSA) is 42.9 Å². The number of nitrogens with zero attached hydrogens (tertiary/aromatic N) is 2. The van der Waals surface area contributed by atoms with E-state index in [-0.39, 0.29) is 5.78 Å². The van der Waals surface area contributed by atoms with E-state index in [1.807, 2.05) is 19.1 Å². The number of rotatable bonds is 3. The second-order valence-electron chi connectivity index (χ2n) is 3.77. The maximum absolute atomic E-state index is 11.9. The Balaban J connectivity index is 2.11. The third-order valence-corrected chi connectivity index (χ3v) is 2.60. The first-order valence-corrected chi connectivity index (χ1v) is 5.59. The van der Waals surface area contributed by atoms with Gasteiger partial charge in [-0.1, -0.05) is 23.7 Å². The number of carbonyl (C=O) groups excluding carboxylic acids is 1. The van der Waals surface area contributed by atoms with E-state index in [1.165, 1.54) is 6.20 Å². The predicted molar refractivity (Wildman–Crippen MR) is 66.3 cm³/mol. The van der Waals surface area contributed by atoms with Crippen molar-refractivity contribution < 1.29 is 4.79 Å². The molecule has 17 heavy (non-hydrogen) atoms. The summed E-state index contributed by atoms with van der Waals surface area (Å²) in [4.78, 5) is 20.0. The SMILES string of the molecule is Cc1cnc(C(=O)Cc2ccc(Cl)cc2)cn1. The molecular formula is C13H11ClN2O. The molecule has 1 heterocycles. The number of aromatic nitrogens is 2. The Kier molecular flexibility index (Phi) is 3.49. The van der Waals surface area contributed by atoms with Gasteiger partial charge < -0.3 is 0 Å². The van der Waals surface area contributed by atoms with Gasteiger partial charge in [0.15, 0.2) is 5.78 Å². The Hall–Kier alpha value is -1.74. The Morgan fingerprint density at radius 3 is 2.47 bits per heavy atom. The number of carbonyl (C=O) groups is 1. The van der Waals surface area contributed by atoms with Crippen molar-refractivity contribution in [2.45, 2.75) is 13.3 Å². The Labute approximate surface area is 104 Å². The Morgan fingerprint density at radius 1 is 1.18 bits per heavy atom. The molecule has 1 aromatic heterocycles. The highest BCUT2D eigenvalue weighted by Crippen LogP contribution is 2.11. The molecule has 0 atom stereocenters. The van der Waals surface area contributed by atoms with Gasteiger partial charge in [-0.15, -0.1) is 0 Å². The average molecular weight is 247 g/mol. The van der Waals surface area contributed by atoms with Crippen LogP contribution in [-0.2, 0) is 6.42 Å². The third kappa shape index (κ3) is 3.11. The second kappa shape index (κ2) is 5.06. The van der Waals surface area contributed by atoms with Crippen molar-refractivity contribution >= 4 is 17.4 Å². The summed E-state index contributed by atoms with van der Waals surface area (Å²) in [7, 11) is 0. The molecule has 0 aliphatic carbocycles. The van der Waals surface area contributed by atoms with E-state index in [2.05, 4.69) is 9.97 Å². The summed E-state index contributed by atoms with van der Waals surface area (Å²) in [5.41, 5.74) is 2.11. The Morgan fingerprint density at radius 2 is 1.88 bits per heavy atom. The smallest absolute Gasteiger partial charge is 0.187 e. The number of aryl methyl sites for hydroxylation is 1. The number of benzene rings is 1. The number of ketones is 1. The van der Waals surface area contributed by atoms with Crippen molar-refractivity contribution in [1.82, 2.24) is 9.97 Å². The van der Waals surface area contributed by atoms with Crippen LogP contribution in [0.3, 0.4) is 0 Å². The van der Waals surface area contributed by atoms with E-state index in [0.717, 1.165) is 11.3 Å². The van der Waals surface area contributed by atoms with Crippen LogP contribution in [0, 0.1) is 6.92 Å². The molecule has 0 spiro atoms. The van der Waals surface area contributed by atoms with Crippen LogP contribution in [0.2, 0.25) is 5.02 Å². The largest absolute Gasteiger partial charge is 0.292 e. The number of hydrogen-bond acceptors (Lipinski definition) is 3. The molecule has 1 aromatic carbocycles. The first kappa shape index (κ1) is 11.7. The molecule has 3 nitrogen and oxygen atoms in total. The molecule has 0 saturated carbocycles. The van der Waals surface area contributed by atoms with Crippen molar-refractivity contribution in [3.05, 3.63) is 58.6 Å². The van der Waals surface area contributed by atoms with Crippen molar-refractivity contribution in [1.29, 1.82) is 0 Å². The molecule has 2 aromatic rings. The maximum Gasteiger partial charge on any atom is 0.187 e. The first-order valence-electron chi connectivity index (χ1n) is 5.21. The van der Waals surface area contributed by atoms with E-state index < -0.39 is 0 Å². The summed E-state index contributed by atoms with van der Waals surface area (Å²) in [5, 5.41) is 0.663. The minimum Gasteiger partial charge on any atom is -0.292 e. The van der Waals surface area contributed by atoms with Crippen LogP contribution in [0.15, 0.2) is 36.7 Å². The van der Waals surface area contributed by atoms with Crippen LogP contribution in [0.1, 0.15) is 21.7 Å². The van der Waals surface area contributed by atoms with Gasteiger partial charge >= 0.3 is 0 Å². The fraction of sp³-hybridized carbons (Fsp3) is 0.154. The lowest BCUT2D eigenvalue weighted by molar-refractivity contribution is 0.0988. The van der Waals surface area contributed by atoms with Crippen LogP contribution in [0.5, 0.6) is 0 Å². The monoisotopic (exact) mass is 246 g/mol. The molecule has 0 aliphatic rings. The number of hydrogen-bond donors (Lipinski definition) is 0. The van der Waals surface area contributed by atoms with E-state index in [1.54, 1.807) is 18.3 Å². The van der Waals surface area contributed by atoms with Gasteiger partial charge in [-0.05, 0) is 24.6 Å². The third-order valence-electron chi connectivity index (χ3n) is 2.34. The van der Waals surface area contributed by atoms with Gasteiger partial charge in [0.1, 0.15) is 5.69 Å². The molecule has 0 bridgehead atoms. The highest BCUT2D eigenvalue weighted by atomic mass is 35.5. The molecular weight excluding hydrogens is 236 g/mol. The molecule has 0 fully saturated rings. The number of Topliss-reactive ketones (excluding diaryl/α,β-unsaturated/α-hetero) is 1. The highest BCUT2D eigenvalue weighted by Gasteiger charge is 2.08. The van der Waals surface area contributed by atoms with Crippen molar-refractivity contribution in [3.63, 3.8) is 0 Å². The predicted octanol–water partition coefficient (Wildman–Crippen LogP) is 2.86. The van der Waals surface area contributed by atoms with Crippen molar-refractivity contribution in [2.24, 2.45) is 0 Å². The zero-order chi connectivity index (χ0) is 12.3. The standard InChI is InChI=1S/C13H11ClN2O/c1-9-7-16-12(8-15-9)13(17)6-10-2-4-11(14)5-3-10/h2-5,7-8H,6H2,1H3. The summed E-state index contributed by atoms with van der Waals surface area (Å²) < 4.78 is 0. The number of halogens is 1. The molecule has 86 valence electrons. The van der Waals surface area contributed by atoms with Crippen LogP contribution in [0.4, 0.5) is 0 Å². The summed E-state index contributed by atoms with van der Waals surface area (Å²) in [6.07, 6.45) is 3.41. The van der Waals surface area contributed by atoms with E-state index >= 15 is 0 Å². The van der Waals surface area contributed by atoms with Gasteiger partial charge in [-0.3, -0.25) is 9.78 Å². The van der Waals surface area contributed by atoms with Crippen LogP contribution in [0.25, 0.3) is 0 Å². The van der Waals surface area contributed by atoms with Gasteiger partial charge in [0.25, 0.3) is 0 Å². The Bertz CT molecular complexity index is 520. The van der Waals surface area contributed by atoms with Gasteiger partial charge in [-0.2, -0.15) is 0 Å².